The summed E-state index contributed by atoms with van der Waals surface area (Å²) in [6.45, 7) is 1.37. The molecule has 6 heteroatoms. The minimum absolute atomic E-state index is 0.482. The molecular formula is C19H17ClN4O. The first-order valence-corrected chi connectivity index (χ1v) is 8.51. The molecule has 2 N–H and O–H groups in total. The van der Waals surface area contributed by atoms with E-state index < -0.39 is 0 Å². The number of halogens is 1. The van der Waals surface area contributed by atoms with Crippen LogP contribution in [-0.4, -0.2) is 21.7 Å². The molecule has 0 bridgehead atoms. The molecule has 2 aromatic heterocycles. The lowest BCUT2D eigenvalue weighted by molar-refractivity contribution is 0.478. The summed E-state index contributed by atoms with van der Waals surface area (Å²) in [6.07, 6.45) is 3.00. The number of rotatable bonds is 6. The van der Waals surface area contributed by atoms with Crippen LogP contribution in [0.4, 0.5) is 0 Å². The van der Waals surface area contributed by atoms with E-state index >= 15 is 0 Å². The van der Waals surface area contributed by atoms with Gasteiger partial charge >= 0.3 is 0 Å². The van der Waals surface area contributed by atoms with Gasteiger partial charge in [-0.05, 0) is 42.8 Å². The van der Waals surface area contributed by atoms with Crippen LogP contribution in [0.2, 0.25) is 5.02 Å². The summed E-state index contributed by atoms with van der Waals surface area (Å²) in [5.41, 5.74) is 3.29. The molecular weight excluding hydrogens is 336 g/mol. The zero-order chi connectivity index (χ0) is 17.1. The quantitative estimate of drug-likeness (QED) is 0.510. The van der Waals surface area contributed by atoms with E-state index in [2.05, 4.69) is 44.9 Å². The average Bonchev–Trinajstić information content (AvgIpc) is 3.26. The SMILES string of the molecule is Clc1cccc(-c2nnc(CNCCc3c[nH]c4ccccc34)o2)c1. The Morgan fingerprint density at radius 3 is 2.92 bits per heavy atom. The van der Waals surface area contributed by atoms with Crippen LogP contribution in [0.25, 0.3) is 22.4 Å². The van der Waals surface area contributed by atoms with Crippen molar-refractivity contribution in [1.29, 1.82) is 0 Å². The van der Waals surface area contributed by atoms with Gasteiger partial charge in [-0.1, -0.05) is 35.9 Å². The van der Waals surface area contributed by atoms with Crippen LogP contribution >= 0.6 is 11.6 Å². The Balaban J connectivity index is 1.33. The van der Waals surface area contributed by atoms with Crippen molar-refractivity contribution in [3.05, 3.63) is 71.2 Å². The summed E-state index contributed by atoms with van der Waals surface area (Å²) < 4.78 is 5.68. The van der Waals surface area contributed by atoms with Crippen LogP contribution in [0.5, 0.6) is 0 Å². The summed E-state index contributed by atoms with van der Waals surface area (Å²) in [5.74, 6) is 1.05. The van der Waals surface area contributed by atoms with Gasteiger partial charge in [0.25, 0.3) is 0 Å². The second-order valence-corrected chi connectivity index (χ2v) is 6.23. The smallest absolute Gasteiger partial charge is 0.247 e. The van der Waals surface area contributed by atoms with Crippen LogP contribution in [0.15, 0.2) is 59.1 Å². The highest BCUT2D eigenvalue weighted by Crippen LogP contribution is 2.21. The first kappa shape index (κ1) is 15.9. The van der Waals surface area contributed by atoms with E-state index in [-0.39, 0.29) is 0 Å². The Hall–Kier alpha value is -2.63. The molecule has 0 unspecified atom stereocenters. The third-order valence-electron chi connectivity index (χ3n) is 4.06. The molecule has 126 valence electrons. The largest absolute Gasteiger partial charge is 0.419 e. The van der Waals surface area contributed by atoms with E-state index in [1.54, 1.807) is 0 Å². The van der Waals surface area contributed by atoms with Crippen molar-refractivity contribution in [1.82, 2.24) is 20.5 Å². The number of hydrogen-bond acceptors (Lipinski definition) is 4. The van der Waals surface area contributed by atoms with Gasteiger partial charge < -0.3 is 14.7 Å². The maximum absolute atomic E-state index is 5.99. The topological polar surface area (TPSA) is 66.7 Å². The minimum Gasteiger partial charge on any atom is -0.419 e. The molecule has 0 saturated heterocycles. The van der Waals surface area contributed by atoms with E-state index in [1.165, 1.54) is 16.5 Å². The Morgan fingerprint density at radius 1 is 1.08 bits per heavy atom. The molecule has 5 nitrogen and oxygen atoms in total. The number of hydrogen-bond donors (Lipinski definition) is 2. The summed E-state index contributed by atoms with van der Waals surface area (Å²) in [4.78, 5) is 3.29. The second-order valence-electron chi connectivity index (χ2n) is 5.80. The van der Waals surface area contributed by atoms with Crippen molar-refractivity contribution in [2.24, 2.45) is 0 Å². The molecule has 0 saturated carbocycles. The fourth-order valence-corrected chi connectivity index (χ4v) is 3.01. The molecule has 0 atom stereocenters. The number of aromatic nitrogens is 3. The lowest BCUT2D eigenvalue weighted by Gasteiger charge is -2.01. The number of para-hydroxylation sites is 1. The zero-order valence-electron chi connectivity index (χ0n) is 13.5. The first-order chi connectivity index (χ1) is 12.3. The predicted molar refractivity (Wildman–Crippen MR) is 98.5 cm³/mol. The van der Waals surface area contributed by atoms with Gasteiger partial charge in [0.05, 0.1) is 6.54 Å². The van der Waals surface area contributed by atoms with E-state index in [0.29, 0.717) is 23.3 Å². The number of nitrogens with zero attached hydrogens (tertiary/aromatic N) is 2. The van der Waals surface area contributed by atoms with Crippen molar-refractivity contribution in [3.8, 4) is 11.5 Å². The Morgan fingerprint density at radius 2 is 2.00 bits per heavy atom. The summed E-state index contributed by atoms with van der Waals surface area (Å²) in [7, 11) is 0. The maximum atomic E-state index is 5.99. The van der Waals surface area contributed by atoms with Crippen molar-refractivity contribution in [2.45, 2.75) is 13.0 Å². The molecule has 0 aliphatic carbocycles. The third-order valence-corrected chi connectivity index (χ3v) is 4.30. The molecule has 25 heavy (non-hydrogen) atoms. The Labute approximate surface area is 150 Å². The molecule has 4 rings (SSSR count). The van der Waals surface area contributed by atoms with Crippen LogP contribution in [0, 0.1) is 0 Å². The van der Waals surface area contributed by atoms with Gasteiger partial charge in [0.1, 0.15) is 0 Å². The Bertz CT molecular complexity index is 992. The third kappa shape index (κ3) is 3.57. The summed E-state index contributed by atoms with van der Waals surface area (Å²) in [5, 5.41) is 13.4. The van der Waals surface area contributed by atoms with E-state index in [9.17, 15) is 0 Å². The number of fused-ring (bicyclic) bond motifs is 1. The van der Waals surface area contributed by atoms with Crippen molar-refractivity contribution in [3.63, 3.8) is 0 Å². The van der Waals surface area contributed by atoms with E-state index in [1.807, 2.05) is 30.3 Å². The molecule has 0 spiro atoms. The van der Waals surface area contributed by atoms with Gasteiger partial charge in [-0.15, -0.1) is 10.2 Å². The number of H-pyrrole nitrogens is 1. The van der Waals surface area contributed by atoms with Gasteiger partial charge in [0.15, 0.2) is 0 Å². The van der Waals surface area contributed by atoms with Gasteiger partial charge in [0.2, 0.25) is 11.8 Å². The van der Waals surface area contributed by atoms with Gasteiger partial charge in [-0.2, -0.15) is 0 Å². The molecule has 0 amide bonds. The molecule has 4 aromatic rings. The summed E-state index contributed by atoms with van der Waals surface area (Å²) in [6, 6.07) is 15.7. The second kappa shape index (κ2) is 7.09. The van der Waals surface area contributed by atoms with Gasteiger partial charge in [-0.3, -0.25) is 0 Å². The molecule has 2 aromatic carbocycles. The summed E-state index contributed by atoms with van der Waals surface area (Å²) >= 11 is 5.99. The number of benzene rings is 2. The van der Waals surface area contributed by atoms with Crippen molar-refractivity contribution < 1.29 is 4.42 Å². The minimum atomic E-state index is 0.482. The fourth-order valence-electron chi connectivity index (χ4n) is 2.82. The lowest BCUT2D eigenvalue weighted by atomic mass is 10.1. The molecule has 0 aliphatic heterocycles. The van der Waals surface area contributed by atoms with Crippen molar-refractivity contribution >= 4 is 22.5 Å². The van der Waals surface area contributed by atoms with Gasteiger partial charge in [-0.25, -0.2) is 0 Å². The average molecular weight is 353 g/mol. The van der Waals surface area contributed by atoms with Crippen LogP contribution in [0.1, 0.15) is 11.5 Å². The number of aromatic amines is 1. The maximum Gasteiger partial charge on any atom is 0.247 e. The monoisotopic (exact) mass is 352 g/mol. The molecule has 0 radical (unpaired) electrons. The fraction of sp³-hybridized carbons (Fsp3) is 0.158. The first-order valence-electron chi connectivity index (χ1n) is 8.13. The van der Waals surface area contributed by atoms with E-state index in [4.69, 9.17) is 16.0 Å². The molecule has 2 heterocycles. The zero-order valence-corrected chi connectivity index (χ0v) is 14.3. The highest BCUT2D eigenvalue weighted by molar-refractivity contribution is 6.30. The molecule has 0 fully saturated rings. The highest BCUT2D eigenvalue weighted by Gasteiger charge is 2.09. The van der Waals surface area contributed by atoms with Crippen LogP contribution in [-0.2, 0) is 13.0 Å². The van der Waals surface area contributed by atoms with Crippen molar-refractivity contribution in [2.75, 3.05) is 6.54 Å². The Kier molecular flexibility index (Phi) is 4.50. The standard InChI is InChI=1S/C19H17ClN4O/c20-15-5-3-4-13(10-15)19-24-23-18(25-19)12-21-9-8-14-11-22-17-7-2-1-6-16(14)17/h1-7,10-11,21-22H,8-9,12H2. The van der Waals surface area contributed by atoms with Crippen LogP contribution < -0.4 is 5.32 Å². The molecule has 0 aliphatic rings. The van der Waals surface area contributed by atoms with Crippen LogP contribution in [0.3, 0.4) is 0 Å². The normalized spacial score (nSPS) is 11.2. The van der Waals surface area contributed by atoms with Gasteiger partial charge in [0, 0.05) is 27.7 Å². The predicted octanol–water partition coefficient (Wildman–Crippen LogP) is 4.20. The highest BCUT2D eigenvalue weighted by atomic mass is 35.5. The van der Waals surface area contributed by atoms with E-state index in [0.717, 1.165) is 18.5 Å². The number of nitrogens with one attached hydrogen (secondary N) is 2. The lowest BCUT2D eigenvalue weighted by Crippen LogP contribution is -2.16.